The number of benzene rings is 1. The molecule has 6 heteroatoms. The molecule has 3 heterocycles. The predicted octanol–water partition coefficient (Wildman–Crippen LogP) is 4.42. The summed E-state index contributed by atoms with van der Waals surface area (Å²) in [6.07, 6.45) is 2.67. The number of halogens is 1. The van der Waals surface area contributed by atoms with Gasteiger partial charge in [0.2, 0.25) is 6.79 Å². The third-order valence-corrected chi connectivity index (χ3v) is 5.98. The lowest BCUT2D eigenvalue weighted by molar-refractivity contribution is 0.0682. The van der Waals surface area contributed by atoms with Crippen molar-refractivity contribution in [2.45, 2.75) is 32.0 Å². The standard InChI is InChI=1S/C18H20BrNO3S/c19-16-8-18-17(22-12-23-18)7-13(16)9-20(10-14-3-1-5-21-14)11-15-4-2-6-24-15/h2,4,6-8,14H,1,3,5,9-12H2. The molecule has 128 valence electrons. The fourth-order valence-corrected chi connectivity index (χ4v) is 4.40. The summed E-state index contributed by atoms with van der Waals surface area (Å²) in [7, 11) is 0. The Morgan fingerprint density at radius 3 is 2.83 bits per heavy atom. The molecule has 0 aliphatic carbocycles. The molecule has 1 aromatic heterocycles. The minimum absolute atomic E-state index is 0.306. The SMILES string of the molecule is Brc1cc2c(cc1CN(Cc1cccs1)CC1CCCO1)OCO2. The number of ether oxygens (including phenoxy) is 3. The molecule has 1 fully saturated rings. The van der Waals surface area contributed by atoms with Crippen LogP contribution in [0.3, 0.4) is 0 Å². The average Bonchev–Trinajstić information content (AvgIpc) is 3.29. The van der Waals surface area contributed by atoms with Gasteiger partial charge < -0.3 is 14.2 Å². The zero-order valence-electron chi connectivity index (χ0n) is 13.4. The second-order valence-corrected chi connectivity index (χ2v) is 8.07. The monoisotopic (exact) mass is 409 g/mol. The van der Waals surface area contributed by atoms with Crippen LogP contribution in [0, 0.1) is 0 Å². The fourth-order valence-electron chi connectivity index (χ4n) is 3.21. The number of hydrogen-bond acceptors (Lipinski definition) is 5. The summed E-state index contributed by atoms with van der Waals surface area (Å²) in [5.74, 6) is 1.65. The van der Waals surface area contributed by atoms with Crippen LogP contribution < -0.4 is 9.47 Å². The molecular formula is C18H20BrNO3S. The topological polar surface area (TPSA) is 30.9 Å². The van der Waals surface area contributed by atoms with E-state index in [0.29, 0.717) is 12.9 Å². The highest BCUT2D eigenvalue weighted by molar-refractivity contribution is 9.10. The van der Waals surface area contributed by atoms with Crippen LogP contribution in [0.25, 0.3) is 0 Å². The molecule has 0 spiro atoms. The molecule has 0 radical (unpaired) electrons. The normalized spacial score (nSPS) is 19.3. The van der Waals surface area contributed by atoms with E-state index in [4.69, 9.17) is 14.2 Å². The van der Waals surface area contributed by atoms with Crippen LogP contribution in [0.15, 0.2) is 34.1 Å². The van der Waals surface area contributed by atoms with Crippen LogP contribution in [-0.4, -0.2) is 30.9 Å². The van der Waals surface area contributed by atoms with E-state index in [1.165, 1.54) is 16.9 Å². The van der Waals surface area contributed by atoms with E-state index in [2.05, 4.69) is 44.4 Å². The molecule has 2 aliphatic heterocycles. The first-order valence-corrected chi connectivity index (χ1v) is 9.89. The largest absolute Gasteiger partial charge is 0.454 e. The van der Waals surface area contributed by atoms with Gasteiger partial charge in [0.1, 0.15) is 0 Å². The van der Waals surface area contributed by atoms with Gasteiger partial charge >= 0.3 is 0 Å². The molecule has 24 heavy (non-hydrogen) atoms. The van der Waals surface area contributed by atoms with Gasteiger partial charge in [0.25, 0.3) is 0 Å². The zero-order valence-corrected chi connectivity index (χ0v) is 15.8. The Kier molecular flexibility index (Phi) is 5.08. The molecule has 4 nitrogen and oxygen atoms in total. The van der Waals surface area contributed by atoms with Crippen LogP contribution >= 0.6 is 27.3 Å². The van der Waals surface area contributed by atoms with Gasteiger partial charge in [-0.25, -0.2) is 0 Å². The molecule has 2 aromatic rings. The summed E-state index contributed by atoms with van der Waals surface area (Å²) in [6.45, 7) is 3.96. The van der Waals surface area contributed by atoms with Gasteiger partial charge in [-0.3, -0.25) is 4.90 Å². The Bertz CT molecular complexity index is 686. The number of nitrogens with zero attached hydrogens (tertiary/aromatic N) is 1. The third-order valence-electron chi connectivity index (χ3n) is 4.38. The van der Waals surface area contributed by atoms with Crippen molar-refractivity contribution in [2.75, 3.05) is 19.9 Å². The highest BCUT2D eigenvalue weighted by Crippen LogP contribution is 2.37. The Balaban J connectivity index is 1.52. The van der Waals surface area contributed by atoms with Gasteiger partial charge in [0, 0.05) is 35.6 Å². The summed E-state index contributed by atoms with van der Waals surface area (Å²) in [5, 5.41) is 2.13. The first-order chi connectivity index (χ1) is 11.8. The molecule has 1 aromatic carbocycles. The molecule has 0 N–H and O–H groups in total. The van der Waals surface area contributed by atoms with E-state index in [0.717, 1.165) is 48.6 Å². The second-order valence-electron chi connectivity index (χ2n) is 6.18. The lowest BCUT2D eigenvalue weighted by Crippen LogP contribution is -2.31. The van der Waals surface area contributed by atoms with Gasteiger partial charge in [-0.05, 0) is 42.0 Å². The molecule has 4 rings (SSSR count). The van der Waals surface area contributed by atoms with E-state index >= 15 is 0 Å². The van der Waals surface area contributed by atoms with Crippen molar-refractivity contribution in [3.63, 3.8) is 0 Å². The molecule has 2 aliphatic rings. The van der Waals surface area contributed by atoms with Crippen LogP contribution in [0.2, 0.25) is 0 Å². The average molecular weight is 410 g/mol. The van der Waals surface area contributed by atoms with E-state index in [1.807, 2.05) is 6.07 Å². The summed E-state index contributed by atoms with van der Waals surface area (Å²) in [4.78, 5) is 3.84. The number of rotatable bonds is 6. The van der Waals surface area contributed by atoms with E-state index in [1.54, 1.807) is 11.3 Å². The highest BCUT2D eigenvalue weighted by Gasteiger charge is 2.22. The quantitative estimate of drug-likeness (QED) is 0.706. The second kappa shape index (κ2) is 7.44. The van der Waals surface area contributed by atoms with Crippen molar-refractivity contribution in [3.8, 4) is 11.5 Å². The molecule has 0 saturated carbocycles. The van der Waals surface area contributed by atoms with Crippen LogP contribution in [-0.2, 0) is 17.8 Å². The maximum Gasteiger partial charge on any atom is 0.231 e. The predicted molar refractivity (Wildman–Crippen MR) is 97.7 cm³/mol. The Morgan fingerprint density at radius 2 is 2.08 bits per heavy atom. The lowest BCUT2D eigenvalue weighted by atomic mass is 10.1. The summed E-state index contributed by atoms with van der Waals surface area (Å²) in [5.41, 5.74) is 1.22. The van der Waals surface area contributed by atoms with Gasteiger partial charge in [0.15, 0.2) is 11.5 Å². The van der Waals surface area contributed by atoms with Gasteiger partial charge in [-0.15, -0.1) is 11.3 Å². The number of thiophene rings is 1. The minimum atomic E-state index is 0.306. The van der Waals surface area contributed by atoms with Crippen LogP contribution in [0.4, 0.5) is 0 Å². The minimum Gasteiger partial charge on any atom is -0.454 e. The van der Waals surface area contributed by atoms with Crippen molar-refractivity contribution >= 4 is 27.3 Å². The van der Waals surface area contributed by atoms with Gasteiger partial charge in [-0.2, -0.15) is 0 Å². The Hall–Kier alpha value is -1.08. The van der Waals surface area contributed by atoms with E-state index in [-0.39, 0.29) is 0 Å². The highest BCUT2D eigenvalue weighted by atomic mass is 79.9. The van der Waals surface area contributed by atoms with Crippen LogP contribution in [0.1, 0.15) is 23.3 Å². The van der Waals surface area contributed by atoms with E-state index < -0.39 is 0 Å². The Morgan fingerprint density at radius 1 is 1.21 bits per heavy atom. The van der Waals surface area contributed by atoms with Crippen molar-refractivity contribution in [1.82, 2.24) is 4.90 Å². The van der Waals surface area contributed by atoms with Gasteiger partial charge in [0.05, 0.1) is 6.10 Å². The zero-order chi connectivity index (χ0) is 16.4. The van der Waals surface area contributed by atoms with Crippen molar-refractivity contribution in [3.05, 3.63) is 44.6 Å². The number of fused-ring (bicyclic) bond motifs is 1. The molecular weight excluding hydrogens is 390 g/mol. The maximum atomic E-state index is 5.85. The first kappa shape index (κ1) is 16.4. The van der Waals surface area contributed by atoms with E-state index in [9.17, 15) is 0 Å². The summed E-state index contributed by atoms with van der Waals surface area (Å²) < 4.78 is 17.9. The third kappa shape index (κ3) is 3.77. The van der Waals surface area contributed by atoms with Crippen molar-refractivity contribution in [2.24, 2.45) is 0 Å². The summed E-state index contributed by atoms with van der Waals surface area (Å²) >= 11 is 5.48. The molecule has 0 bridgehead atoms. The van der Waals surface area contributed by atoms with Crippen LogP contribution in [0.5, 0.6) is 11.5 Å². The maximum absolute atomic E-state index is 5.85. The van der Waals surface area contributed by atoms with Crippen molar-refractivity contribution < 1.29 is 14.2 Å². The summed E-state index contributed by atoms with van der Waals surface area (Å²) in [6, 6.07) is 8.40. The first-order valence-electron chi connectivity index (χ1n) is 8.22. The van der Waals surface area contributed by atoms with Crippen molar-refractivity contribution in [1.29, 1.82) is 0 Å². The molecule has 1 saturated heterocycles. The Labute approximate surface area is 154 Å². The molecule has 0 amide bonds. The smallest absolute Gasteiger partial charge is 0.231 e. The number of hydrogen-bond donors (Lipinski definition) is 0. The lowest BCUT2D eigenvalue weighted by Gasteiger charge is -2.25. The molecule has 1 atom stereocenters. The van der Waals surface area contributed by atoms with Gasteiger partial charge in [-0.1, -0.05) is 22.0 Å². The fraction of sp³-hybridized carbons (Fsp3) is 0.444. The molecule has 1 unspecified atom stereocenters.